The summed E-state index contributed by atoms with van der Waals surface area (Å²) in [5, 5.41) is 0. The lowest BCUT2D eigenvalue weighted by Crippen LogP contribution is -2.64. The predicted molar refractivity (Wildman–Crippen MR) is 119 cm³/mol. The largest absolute Gasteiger partial charge is 0.332 e. The molecule has 4 amide bonds. The number of imide groups is 1. The normalized spacial score (nSPS) is 25.5. The highest BCUT2D eigenvalue weighted by Crippen LogP contribution is 2.37. The van der Waals surface area contributed by atoms with E-state index in [0.29, 0.717) is 5.69 Å². The zero-order chi connectivity index (χ0) is 21.5. The highest BCUT2D eigenvalue weighted by Gasteiger charge is 2.48. The molecule has 3 aliphatic rings. The summed E-state index contributed by atoms with van der Waals surface area (Å²) in [5.41, 5.74) is 2.66. The van der Waals surface area contributed by atoms with E-state index in [-0.39, 0.29) is 42.4 Å². The van der Waals surface area contributed by atoms with E-state index in [2.05, 4.69) is 6.07 Å². The summed E-state index contributed by atoms with van der Waals surface area (Å²) in [7, 11) is 0. The number of para-hydroxylation sites is 2. The van der Waals surface area contributed by atoms with Crippen molar-refractivity contribution in [2.45, 2.75) is 51.1 Å². The van der Waals surface area contributed by atoms with Crippen LogP contribution in [0.1, 0.15) is 38.2 Å². The quantitative estimate of drug-likeness (QED) is 0.759. The van der Waals surface area contributed by atoms with Gasteiger partial charge >= 0.3 is 6.03 Å². The number of anilines is 2. The molecule has 0 bridgehead atoms. The fraction of sp³-hybridized carbons (Fsp3) is 0.400. The average Bonchev–Trinajstić information content (AvgIpc) is 3.13. The fourth-order valence-corrected chi connectivity index (χ4v) is 5.47. The van der Waals surface area contributed by atoms with Gasteiger partial charge in [-0.1, -0.05) is 49.2 Å². The smallest absolute Gasteiger partial charge is 0.311 e. The molecule has 2 aliphatic heterocycles. The van der Waals surface area contributed by atoms with Gasteiger partial charge in [0.05, 0.1) is 11.6 Å². The number of hydrogen-bond acceptors (Lipinski definition) is 3. The number of rotatable bonds is 3. The van der Waals surface area contributed by atoms with Crippen molar-refractivity contribution >= 4 is 29.2 Å². The third kappa shape index (κ3) is 3.30. The zero-order valence-corrected chi connectivity index (χ0v) is 17.7. The number of urea groups is 1. The van der Waals surface area contributed by atoms with E-state index >= 15 is 0 Å². The highest BCUT2D eigenvalue weighted by atomic mass is 16.2. The van der Waals surface area contributed by atoms with Crippen LogP contribution in [0.3, 0.4) is 0 Å². The standard InChI is InChI=1S/C25H27N3O3/c1-17-15-18-9-5-7-13-21(18)27(17)23(29)16-26-22-14-8-6-12-20(22)24(30)28(25(26)31)19-10-3-2-4-11-19/h2-5,7,9-11,13,17,20,22H,6,8,12,14-16H2,1H3. The van der Waals surface area contributed by atoms with Gasteiger partial charge in [-0.15, -0.1) is 0 Å². The third-order valence-electron chi connectivity index (χ3n) is 6.90. The summed E-state index contributed by atoms with van der Waals surface area (Å²) in [4.78, 5) is 45.0. The molecule has 0 radical (unpaired) electrons. The van der Waals surface area contributed by atoms with Crippen molar-refractivity contribution in [3.63, 3.8) is 0 Å². The molecule has 2 fully saturated rings. The Bertz CT molecular complexity index is 1020. The second-order valence-corrected chi connectivity index (χ2v) is 8.82. The molecule has 2 aromatic rings. The van der Waals surface area contributed by atoms with Crippen molar-refractivity contribution in [2.24, 2.45) is 5.92 Å². The van der Waals surface area contributed by atoms with E-state index in [0.717, 1.165) is 43.4 Å². The summed E-state index contributed by atoms with van der Waals surface area (Å²) >= 11 is 0. The maximum Gasteiger partial charge on any atom is 0.332 e. The van der Waals surface area contributed by atoms with E-state index in [1.807, 2.05) is 48.2 Å². The molecular formula is C25H27N3O3. The van der Waals surface area contributed by atoms with Gasteiger partial charge in [-0.3, -0.25) is 9.59 Å². The molecule has 2 heterocycles. The number of hydrogen-bond donors (Lipinski definition) is 0. The van der Waals surface area contributed by atoms with Crippen LogP contribution in [-0.4, -0.2) is 41.4 Å². The van der Waals surface area contributed by atoms with Gasteiger partial charge in [-0.25, -0.2) is 9.69 Å². The van der Waals surface area contributed by atoms with Crippen LogP contribution >= 0.6 is 0 Å². The maximum atomic E-state index is 13.5. The topological polar surface area (TPSA) is 60.9 Å². The Hall–Kier alpha value is -3.15. The summed E-state index contributed by atoms with van der Waals surface area (Å²) in [6.45, 7) is 2.04. The molecule has 0 N–H and O–H groups in total. The first kappa shape index (κ1) is 19.8. The molecule has 1 aliphatic carbocycles. The van der Waals surface area contributed by atoms with E-state index in [1.165, 1.54) is 4.90 Å². The number of amides is 4. The molecule has 160 valence electrons. The minimum atomic E-state index is -0.382. The molecular weight excluding hydrogens is 390 g/mol. The van der Waals surface area contributed by atoms with Crippen LogP contribution in [0.25, 0.3) is 0 Å². The van der Waals surface area contributed by atoms with Crippen molar-refractivity contribution in [1.29, 1.82) is 0 Å². The summed E-state index contributed by atoms with van der Waals surface area (Å²) in [6, 6.07) is 16.5. The number of fused-ring (bicyclic) bond motifs is 2. The molecule has 31 heavy (non-hydrogen) atoms. The summed E-state index contributed by atoms with van der Waals surface area (Å²) in [6.07, 6.45) is 4.29. The fourth-order valence-electron chi connectivity index (χ4n) is 5.47. The second kappa shape index (κ2) is 7.84. The van der Waals surface area contributed by atoms with Crippen molar-refractivity contribution in [3.05, 3.63) is 60.2 Å². The van der Waals surface area contributed by atoms with Crippen LogP contribution in [0.5, 0.6) is 0 Å². The van der Waals surface area contributed by atoms with Gasteiger partial charge in [-0.05, 0) is 49.9 Å². The van der Waals surface area contributed by atoms with E-state index < -0.39 is 0 Å². The first-order valence-electron chi connectivity index (χ1n) is 11.2. The molecule has 3 atom stereocenters. The van der Waals surface area contributed by atoms with Gasteiger partial charge in [-0.2, -0.15) is 0 Å². The molecule has 1 saturated heterocycles. The van der Waals surface area contributed by atoms with E-state index in [9.17, 15) is 14.4 Å². The molecule has 3 unspecified atom stereocenters. The molecule has 6 heteroatoms. The Morgan fingerprint density at radius 3 is 2.48 bits per heavy atom. The first-order valence-corrected chi connectivity index (χ1v) is 11.2. The molecule has 0 aromatic heterocycles. The van der Waals surface area contributed by atoms with Gasteiger partial charge in [0, 0.05) is 17.8 Å². The Labute approximate surface area is 182 Å². The Balaban J connectivity index is 1.46. The lowest BCUT2D eigenvalue weighted by atomic mass is 9.81. The van der Waals surface area contributed by atoms with Gasteiger partial charge in [0.1, 0.15) is 6.54 Å². The van der Waals surface area contributed by atoms with Gasteiger partial charge in [0.2, 0.25) is 11.8 Å². The minimum Gasteiger partial charge on any atom is -0.311 e. The van der Waals surface area contributed by atoms with Crippen LogP contribution in [0.2, 0.25) is 0 Å². The Morgan fingerprint density at radius 2 is 1.68 bits per heavy atom. The maximum absolute atomic E-state index is 13.5. The third-order valence-corrected chi connectivity index (χ3v) is 6.90. The lowest BCUT2D eigenvalue weighted by Gasteiger charge is -2.46. The number of nitrogens with zero attached hydrogens (tertiary/aromatic N) is 3. The lowest BCUT2D eigenvalue weighted by molar-refractivity contribution is -0.129. The van der Waals surface area contributed by atoms with Crippen molar-refractivity contribution in [1.82, 2.24) is 4.90 Å². The molecule has 5 rings (SSSR count). The van der Waals surface area contributed by atoms with Crippen LogP contribution in [0.4, 0.5) is 16.2 Å². The predicted octanol–water partition coefficient (Wildman–Crippen LogP) is 3.99. The highest BCUT2D eigenvalue weighted by molar-refractivity contribution is 6.17. The number of benzene rings is 2. The van der Waals surface area contributed by atoms with Crippen LogP contribution in [-0.2, 0) is 16.0 Å². The van der Waals surface area contributed by atoms with Gasteiger partial charge < -0.3 is 9.80 Å². The molecule has 6 nitrogen and oxygen atoms in total. The molecule has 1 saturated carbocycles. The number of carbonyl (C=O) groups is 3. The summed E-state index contributed by atoms with van der Waals surface area (Å²) in [5.74, 6) is -0.468. The average molecular weight is 418 g/mol. The summed E-state index contributed by atoms with van der Waals surface area (Å²) < 4.78 is 0. The van der Waals surface area contributed by atoms with Crippen molar-refractivity contribution in [3.8, 4) is 0 Å². The zero-order valence-electron chi connectivity index (χ0n) is 17.7. The Kier molecular flexibility index (Phi) is 5.00. The minimum absolute atomic E-state index is 0.00467. The van der Waals surface area contributed by atoms with Gasteiger partial charge in [0.25, 0.3) is 0 Å². The van der Waals surface area contributed by atoms with Crippen LogP contribution < -0.4 is 9.80 Å². The molecule has 2 aromatic carbocycles. The van der Waals surface area contributed by atoms with Crippen molar-refractivity contribution in [2.75, 3.05) is 16.3 Å². The van der Waals surface area contributed by atoms with E-state index in [4.69, 9.17) is 0 Å². The molecule has 0 spiro atoms. The van der Waals surface area contributed by atoms with Crippen LogP contribution in [0, 0.1) is 5.92 Å². The van der Waals surface area contributed by atoms with E-state index in [1.54, 1.807) is 17.0 Å². The Morgan fingerprint density at radius 1 is 0.968 bits per heavy atom. The number of carbonyl (C=O) groups excluding carboxylic acids is 3. The first-order chi connectivity index (χ1) is 15.1. The van der Waals surface area contributed by atoms with Gasteiger partial charge in [0.15, 0.2) is 0 Å². The van der Waals surface area contributed by atoms with Crippen LogP contribution in [0.15, 0.2) is 54.6 Å². The monoisotopic (exact) mass is 417 g/mol. The second-order valence-electron chi connectivity index (χ2n) is 8.82. The van der Waals surface area contributed by atoms with Crippen molar-refractivity contribution < 1.29 is 14.4 Å². The SMILES string of the molecule is CC1Cc2ccccc2N1C(=O)CN1C(=O)N(c2ccccc2)C(=O)C2CCCCC21.